The molecule has 4 rings (SSSR count). The summed E-state index contributed by atoms with van der Waals surface area (Å²) in [6.45, 7) is 0.799. The molecule has 1 aliphatic heterocycles. The number of likely N-dealkylation sites (N-methyl/N-ethyl adjacent to an activating group) is 1. The first-order chi connectivity index (χ1) is 14.9. The van der Waals surface area contributed by atoms with Crippen LogP contribution in [0.1, 0.15) is 17.9 Å². The fourth-order valence-corrected chi connectivity index (χ4v) is 5.00. The van der Waals surface area contributed by atoms with Crippen LogP contribution in [0.15, 0.2) is 44.0 Å². The van der Waals surface area contributed by atoms with E-state index >= 15 is 0 Å². The first-order valence-corrected chi connectivity index (χ1v) is 11.1. The Hall–Kier alpha value is -2.06. The molecule has 1 aliphatic rings. The van der Waals surface area contributed by atoms with E-state index in [1.54, 1.807) is 19.2 Å². The molecule has 0 aliphatic carbocycles. The van der Waals surface area contributed by atoms with Crippen molar-refractivity contribution in [1.82, 2.24) is 4.90 Å². The van der Waals surface area contributed by atoms with Crippen LogP contribution < -0.4 is 14.9 Å². The van der Waals surface area contributed by atoms with Crippen LogP contribution >= 0.6 is 27.5 Å². The van der Waals surface area contributed by atoms with Crippen molar-refractivity contribution in [3.63, 3.8) is 0 Å². The third-order valence-corrected chi connectivity index (χ3v) is 7.30. The van der Waals surface area contributed by atoms with Crippen LogP contribution in [0.25, 0.3) is 22.3 Å². The molecule has 1 fully saturated rings. The minimum Gasteiger partial charge on any atom is -0.496 e. The number of rotatable bonds is 5. The van der Waals surface area contributed by atoms with E-state index in [9.17, 15) is 9.90 Å². The zero-order valence-electron chi connectivity index (χ0n) is 17.4. The number of halogens is 2. The second kappa shape index (κ2) is 8.82. The summed E-state index contributed by atoms with van der Waals surface area (Å²) in [6.07, 6.45) is 0.797. The Morgan fingerprint density at radius 1 is 1.26 bits per heavy atom. The van der Waals surface area contributed by atoms with Gasteiger partial charge in [-0.2, -0.15) is 0 Å². The molecule has 1 saturated heterocycles. The molecule has 6 nitrogen and oxygen atoms in total. The highest BCUT2D eigenvalue weighted by atomic mass is 79.9. The van der Waals surface area contributed by atoms with Crippen LogP contribution in [-0.4, -0.2) is 50.5 Å². The zero-order valence-corrected chi connectivity index (χ0v) is 19.8. The maximum absolute atomic E-state index is 13.2. The van der Waals surface area contributed by atoms with Gasteiger partial charge in [0.05, 0.1) is 25.8 Å². The van der Waals surface area contributed by atoms with E-state index in [1.807, 2.05) is 19.2 Å². The van der Waals surface area contributed by atoms with Gasteiger partial charge in [-0.15, -0.1) is 0 Å². The van der Waals surface area contributed by atoms with Crippen molar-refractivity contribution in [3.8, 4) is 22.8 Å². The average molecular weight is 509 g/mol. The van der Waals surface area contributed by atoms with Crippen molar-refractivity contribution in [1.29, 1.82) is 0 Å². The van der Waals surface area contributed by atoms with Crippen molar-refractivity contribution in [3.05, 3.63) is 55.6 Å². The van der Waals surface area contributed by atoms with Crippen LogP contribution in [0.4, 0.5) is 0 Å². The number of aliphatic hydroxyl groups excluding tert-OH is 1. The second-order valence-corrected chi connectivity index (χ2v) is 8.83. The number of ether oxygens (including phenoxy) is 2. The van der Waals surface area contributed by atoms with Gasteiger partial charge in [-0.3, -0.25) is 4.79 Å². The van der Waals surface area contributed by atoms with Gasteiger partial charge in [-0.1, -0.05) is 17.7 Å². The van der Waals surface area contributed by atoms with Gasteiger partial charge >= 0.3 is 0 Å². The van der Waals surface area contributed by atoms with Crippen molar-refractivity contribution in [2.75, 3.05) is 34.4 Å². The molecule has 1 N–H and O–H groups in total. The molecular weight excluding hydrogens is 486 g/mol. The average Bonchev–Trinajstić information content (AvgIpc) is 3.13. The fourth-order valence-electron chi connectivity index (χ4n) is 4.42. The van der Waals surface area contributed by atoms with Gasteiger partial charge < -0.3 is 23.9 Å². The van der Waals surface area contributed by atoms with Crippen LogP contribution in [0.5, 0.6) is 11.5 Å². The Bertz CT molecular complexity index is 1190. The molecule has 8 heteroatoms. The highest BCUT2D eigenvalue weighted by Gasteiger charge is 2.37. The number of nitrogens with zero attached hydrogens (tertiary/aromatic N) is 1. The third-order valence-electron chi connectivity index (χ3n) is 6.00. The molecule has 1 aromatic heterocycles. The maximum atomic E-state index is 13.2. The first kappa shape index (κ1) is 22.1. The molecule has 0 amide bonds. The molecule has 0 bridgehead atoms. The van der Waals surface area contributed by atoms with Gasteiger partial charge in [0.25, 0.3) is 0 Å². The lowest BCUT2D eigenvalue weighted by Gasteiger charge is -2.25. The number of hydrogen-bond acceptors (Lipinski definition) is 6. The van der Waals surface area contributed by atoms with Crippen molar-refractivity contribution in [2.24, 2.45) is 0 Å². The highest BCUT2D eigenvalue weighted by molar-refractivity contribution is 9.10. The van der Waals surface area contributed by atoms with Crippen LogP contribution in [0.2, 0.25) is 5.02 Å². The Labute approximate surface area is 193 Å². The number of benzene rings is 2. The lowest BCUT2D eigenvalue weighted by atomic mass is 9.89. The standard InChI is InChI=1S/C23H23BrClNO5/c1-26-8-7-12(15(26)11-27)20-18(29-2)10-19(30-3)21-16(28)9-17(31-23(20)21)13-5-4-6-14(24)22(13)25/h4-6,9-10,12,15,27H,7-8,11H2,1-3H3/t12-,15+/m0/s1. The van der Waals surface area contributed by atoms with E-state index in [0.29, 0.717) is 43.3 Å². The summed E-state index contributed by atoms with van der Waals surface area (Å²) >= 11 is 9.91. The van der Waals surface area contributed by atoms with Crippen molar-refractivity contribution < 1.29 is 19.0 Å². The number of likely N-dealkylation sites (tertiary alicyclic amines) is 1. The quantitative estimate of drug-likeness (QED) is 0.540. The fraction of sp³-hybridized carbons (Fsp3) is 0.348. The van der Waals surface area contributed by atoms with Gasteiger partial charge in [0.2, 0.25) is 0 Å². The normalized spacial score (nSPS) is 19.2. The lowest BCUT2D eigenvalue weighted by molar-refractivity contribution is 0.171. The second-order valence-electron chi connectivity index (χ2n) is 7.60. The summed E-state index contributed by atoms with van der Waals surface area (Å²) in [5.41, 5.74) is 1.52. The SMILES string of the molecule is COc1cc(OC)c2c(=O)cc(-c3cccc(Br)c3Cl)oc2c1[C@H]1CCN(C)[C@@H]1CO. The summed E-state index contributed by atoms with van der Waals surface area (Å²) in [5.74, 6) is 1.22. The van der Waals surface area contributed by atoms with Crippen molar-refractivity contribution in [2.45, 2.75) is 18.4 Å². The van der Waals surface area contributed by atoms with Crippen LogP contribution in [0.3, 0.4) is 0 Å². The number of methoxy groups -OCH3 is 2. The van der Waals surface area contributed by atoms with Crippen molar-refractivity contribution >= 4 is 38.5 Å². The molecule has 2 heterocycles. The topological polar surface area (TPSA) is 72.1 Å². The molecule has 0 spiro atoms. The molecule has 0 radical (unpaired) electrons. The van der Waals surface area contributed by atoms with E-state index in [1.165, 1.54) is 13.2 Å². The summed E-state index contributed by atoms with van der Waals surface area (Å²) in [4.78, 5) is 15.3. The molecular formula is C23H23BrClNO5. The van der Waals surface area contributed by atoms with E-state index in [4.69, 9.17) is 25.5 Å². The highest BCUT2D eigenvalue weighted by Crippen LogP contribution is 2.45. The van der Waals surface area contributed by atoms with Gasteiger partial charge in [0.1, 0.15) is 28.2 Å². The first-order valence-electron chi connectivity index (χ1n) is 9.89. The maximum Gasteiger partial charge on any atom is 0.197 e. The summed E-state index contributed by atoms with van der Waals surface area (Å²) in [6, 6.07) is 8.48. The third kappa shape index (κ3) is 3.74. The molecule has 164 valence electrons. The Morgan fingerprint density at radius 2 is 2.00 bits per heavy atom. The number of hydrogen-bond donors (Lipinski definition) is 1. The molecule has 0 unspecified atom stereocenters. The lowest BCUT2D eigenvalue weighted by Crippen LogP contribution is -2.32. The minimum absolute atomic E-state index is 0.0147. The van der Waals surface area contributed by atoms with Crippen LogP contribution in [-0.2, 0) is 0 Å². The summed E-state index contributed by atoms with van der Waals surface area (Å²) in [7, 11) is 5.05. The molecule has 2 atom stereocenters. The molecule has 31 heavy (non-hydrogen) atoms. The largest absolute Gasteiger partial charge is 0.496 e. The van der Waals surface area contributed by atoms with E-state index < -0.39 is 0 Å². The summed E-state index contributed by atoms with van der Waals surface area (Å²) < 4.78 is 18.2. The van der Waals surface area contributed by atoms with E-state index in [0.717, 1.165) is 18.5 Å². The van der Waals surface area contributed by atoms with Crippen LogP contribution in [0, 0.1) is 0 Å². The monoisotopic (exact) mass is 507 g/mol. The van der Waals surface area contributed by atoms with Gasteiger partial charge in [0.15, 0.2) is 5.43 Å². The number of aliphatic hydroxyl groups is 1. The Kier molecular flexibility index (Phi) is 6.30. The Morgan fingerprint density at radius 3 is 2.68 bits per heavy atom. The van der Waals surface area contributed by atoms with Gasteiger partial charge in [-0.05, 0) is 48.1 Å². The number of fused-ring (bicyclic) bond motifs is 1. The molecule has 3 aromatic rings. The molecule has 0 saturated carbocycles. The van der Waals surface area contributed by atoms with E-state index in [2.05, 4.69) is 20.8 Å². The predicted octanol–water partition coefficient (Wildman–Crippen LogP) is 4.67. The minimum atomic E-state index is -0.236. The molecule has 2 aromatic carbocycles. The Balaban J connectivity index is 2.07. The van der Waals surface area contributed by atoms with Gasteiger partial charge in [-0.25, -0.2) is 0 Å². The van der Waals surface area contributed by atoms with E-state index in [-0.39, 0.29) is 24.0 Å². The predicted molar refractivity (Wildman–Crippen MR) is 125 cm³/mol. The zero-order chi connectivity index (χ0) is 22.3. The summed E-state index contributed by atoms with van der Waals surface area (Å²) in [5, 5.41) is 10.8. The van der Waals surface area contributed by atoms with Gasteiger partial charge in [0, 0.05) is 39.7 Å². The smallest absolute Gasteiger partial charge is 0.197 e.